The molecular weight excluding hydrogens is 290 g/mol. The lowest BCUT2D eigenvalue weighted by Crippen LogP contribution is -2.42. The monoisotopic (exact) mass is 311 g/mol. The highest BCUT2D eigenvalue weighted by molar-refractivity contribution is 7.88. The summed E-state index contributed by atoms with van der Waals surface area (Å²) in [5, 5.41) is 0. The quantitative estimate of drug-likeness (QED) is 0.821. The molecule has 0 radical (unpaired) electrons. The molecule has 0 spiro atoms. The van der Waals surface area contributed by atoms with E-state index in [0.29, 0.717) is 32.5 Å². The van der Waals surface area contributed by atoms with Crippen LogP contribution in [-0.4, -0.2) is 54.9 Å². The van der Waals surface area contributed by atoms with Crippen LogP contribution in [0.1, 0.15) is 18.4 Å². The normalized spacial score (nSPS) is 17.6. The van der Waals surface area contributed by atoms with Gasteiger partial charge < -0.3 is 4.90 Å². The molecule has 0 aliphatic carbocycles. The molecule has 21 heavy (non-hydrogen) atoms. The zero-order valence-electron chi connectivity index (χ0n) is 12.4. The van der Waals surface area contributed by atoms with Crippen LogP contribution >= 0.6 is 0 Å². The summed E-state index contributed by atoms with van der Waals surface area (Å²) in [4.78, 5) is 18.1. The Bertz CT molecular complexity index is 581. The lowest BCUT2D eigenvalue weighted by atomic mass is 9.96. The van der Waals surface area contributed by atoms with Gasteiger partial charge in [-0.2, -0.15) is 0 Å². The molecule has 0 saturated carbocycles. The van der Waals surface area contributed by atoms with Gasteiger partial charge in [0.15, 0.2) is 0 Å². The van der Waals surface area contributed by atoms with Gasteiger partial charge in [0, 0.05) is 45.0 Å². The molecule has 0 unspecified atom stereocenters. The summed E-state index contributed by atoms with van der Waals surface area (Å²) >= 11 is 0. The van der Waals surface area contributed by atoms with Gasteiger partial charge in [-0.1, -0.05) is 6.07 Å². The van der Waals surface area contributed by atoms with Crippen molar-refractivity contribution in [3.63, 3.8) is 0 Å². The minimum Gasteiger partial charge on any atom is -0.341 e. The maximum Gasteiger partial charge on any atom is 0.225 e. The van der Waals surface area contributed by atoms with E-state index in [1.165, 1.54) is 10.6 Å². The van der Waals surface area contributed by atoms with Crippen molar-refractivity contribution in [1.82, 2.24) is 14.2 Å². The Kier molecular flexibility index (Phi) is 4.95. The Labute approximate surface area is 125 Å². The number of hydrogen-bond acceptors (Lipinski definition) is 4. The molecule has 1 aliphatic rings. The Morgan fingerprint density at radius 2 is 2.10 bits per heavy atom. The molecule has 1 aromatic rings. The van der Waals surface area contributed by atoms with Crippen LogP contribution in [-0.2, 0) is 21.4 Å². The van der Waals surface area contributed by atoms with Gasteiger partial charge in [-0.3, -0.25) is 9.78 Å². The lowest BCUT2D eigenvalue weighted by molar-refractivity contribution is -0.135. The second kappa shape index (κ2) is 6.53. The fourth-order valence-electron chi connectivity index (χ4n) is 2.59. The van der Waals surface area contributed by atoms with Gasteiger partial charge >= 0.3 is 0 Å². The highest BCUT2D eigenvalue weighted by Crippen LogP contribution is 2.21. The topological polar surface area (TPSA) is 70.6 Å². The molecule has 1 amide bonds. The van der Waals surface area contributed by atoms with Crippen LogP contribution in [0.5, 0.6) is 0 Å². The summed E-state index contributed by atoms with van der Waals surface area (Å²) in [6.45, 7) is 1.38. The first-order valence-corrected chi connectivity index (χ1v) is 8.82. The molecule has 0 atom stereocenters. The van der Waals surface area contributed by atoms with E-state index < -0.39 is 10.0 Å². The van der Waals surface area contributed by atoms with Crippen LogP contribution in [0.4, 0.5) is 0 Å². The Balaban J connectivity index is 1.90. The number of carbonyl (C=O) groups is 1. The molecule has 0 N–H and O–H groups in total. The molecule has 1 fully saturated rings. The van der Waals surface area contributed by atoms with E-state index in [4.69, 9.17) is 0 Å². The third-order valence-corrected chi connectivity index (χ3v) is 5.09. The average molecular weight is 311 g/mol. The van der Waals surface area contributed by atoms with Crippen LogP contribution in [0.2, 0.25) is 0 Å². The first-order chi connectivity index (χ1) is 9.88. The number of piperidine rings is 1. The number of amides is 1. The predicted octanol–water partition coefficient (Wildman–Crippen LogP) is 0.712. The minimum absolute atomic E-state index is 0.0759. The third kappa shape index (κ3) is 4.25. The van der Waals surface area contributed by atoms with Crippen molar-refractivity contribution in [2.75, 3.05) is 26.4 Å². The summed E-state index contributed by atoms with van der Waals surface area (Å²) < 4.78 is 24.4. The van der Waals surface area contributed by atoms with Crippen molar-refractivity contribution in [3.8, 4) is 0 Å². The van der Waals surface area contributed by atoms with E-state index in [-0.39, 0.29) is 11.8 Å². The van der Waals surface area contributed by atoms with Crippen molar-refractivity contribution in [1.29, 1.82) is 0 Å². The summed E-state index contributed by atoms with van der Waals surface area (Å²) in [6.07, 6.45) is 5.83. The summed E-state index contributed by atoms with van der Waals surface area (Å²) in [5.74, 6) is -0.0170. The highest BCUT2D eigenvalue weighted by Gasteiger charge is 2.30. The van der Waals surface area contributed by atoms with Gasteiger partial charge in [0.25, 0.3) is 0 Å². The van der Waals surface area contributed by atoms with E-state index >= 15 is 0 Å². The Hall–Kier alpha value is -1.47. The molecule has 0 aromatic carbocycles. The highest BCUT2D eigenvalue weighted by atomic mass is 32.2. The second-order valence-corrected chi connectivity index (χ2v) is 7.47. The number of pyridine rings is 1. The minimum atomic E-state index is -3.14. The van der Waals surface area contributed by atoms with Gasteiger partial charge in [-0.05, 0) is 24.5 Å². The van der Waals surface area contributed by atoms with Crippen LogP contribution < -0.4 is 0 Å². The van der Waals surface area contributed by atoms with E-state index in [1.54, 1.807) is 24.3 Å². The van der Waals surface area contributed by atoms with Crippen molar-refractivity contribution in [2.45, 2.75) is 19.4 Å². The number of carbonyl (C=O) groups excluding carboxylic acids is 1. The smallest absolute Gasteiger partial charge is 0.225 e. The number of hydrogen-bond donors (Lipinski definition) is 0. The molecule has 7 heteroatoms. The van der Waals surface area contributed by atoms with Gasteiger partial charge in [-0.25, -0.2) is 12.7 Å². The first-order valence-electron chi connectivity index (χ1n) is 6.97. The molecule has 6 nitrogen and oxygen atoms in total. The van der Waals surface area contributed by atoms with E-state index in [0.717, 1.165) is 5.56 Å². The molecule has 2 rings (SSSR count). The van der Waals surface area contributed by atoms with E-state index in [2.05, 4.69) is 4.98 Å². The van der Waals surface area contributed by atoms with Crippen LogP contribution in [0.15, 0.2) is 24.5 Å². The fraction of sp³-hybridized carbons (Fsp3) is 0.571. The molecule has 0 bridgehead atoms. The maximum absolute atomic E-state index is 12.4. The first kappa shape index (κ1) is 15.9. The van der Waals surface area contributed by atoms with E-state index in [1.807, 2.05) is 12.1 Å². The molecular formula is C14H21N3O3S. The van der Waals surface area contributed by atoms with Gasteiger partial charge in [-0.15, -0.1) is 0 Å². The van der Waals surface area contributed by atoms with Crippen LogP contribution in [0, 0.1) is 5.92 Å². The van der Waals surface area contributed by atoms with Crippen LogP contribution in [0.3, 0.4) is 0 Å². The number of sulfonamides is 1. The second-order valence-electron chi connectivity index (χ2n) is 5.49. The number of nitrogens with zero attached hydrogens (tertiary/aromatic N) is 3. The molecule has 116 valence electrons. The predicted molar refractivity (Wildman–Crippen MR) is 79.9 cm³/mol. The lowest BCUT2D eigenvalue weighted by Gasteiger charge is -2.31. The van der Waals surface area contributed by atoms with Gasteiger partial charge in [0.2, 0.25) is 15.9 Å². The summed E-state index contributed by atoms with van der Waals surface area (Å²) in [5.41, 5.74) is 0.988. The number of aromatic nitrogens is 1. The molecule has 1 aliphatic heterocycles. The number of rotatable bonds is 4. The standard InChI is InChI=1S/C14H21N3O3S/c1-16(11-12-4-3-7-15-10-12)14(18)13-5-8-17(9-6-13)21(2,19)20/h3-4,7,10,13H,5-6,8-9,11H2,1-2H3. The largest absolute Gasteiger partial charge is 0.341 e. The maximum atomic E-state index is 12.4. The summed E-state index contributed by atoms with van der Waals surface area (Å²) in [6, 6.07) is 3.78. The zero-order valence-corrected chi connectivity index (χ0v) is 13.2. The third-order valence-electron chi connectivity index (χ3n) is 3.79. The van der Waals surface area contributed by atoms with Gasteiger partial charge in [0.05, 0.1) is 6.26 Å². The molecule has 2 heterocycles. The molecule has 1 aromatic heterocycles. The van der Waals surface area contributed by atoms with Crippen molar-refractivity contribution in [2.24, 2.45) is 5.92 Å². The van der Waals surface area contributed by atoms with Crippen LogP contribution in [0.25, 0.3) is 0 Å². The van der Waals surface area contributed by atoms with Crippen molar-refractivity contribution < 1.29 is 13.2 Å². The Morgan fingerprint density at radius 1 is 1.43 bits per heavy atom. The molecule has 1 saturated heterocycles. The fourth-order valence-corrected chi connectivity index (χ4v) is 3.46. The van der Waals surface area contributed by atoms with E-state index in [9.17, 15) is 13.2 Å². The summed E-state index contributed by atoms with van der Waals surface area (Å²) in [7, 11) is -1.37. The SMILES string of the molecule is CN(Cc1cccnc1)C(=O)C1CCN(S(C)(=O)=O)CC1. The van der Waals surface area contributed by atoms with Crippen molar-refractivity contribution in [3.05, 3.63) is 30.1 Å². The Morgan fingerprint density at radius 3 is 2.62 bits per heavy atom. The van der Waals surface area contributed by atoms with Crippen molar-refractivity contribution >= 4 is 15.9 Å². The average Bonchev–Trinajstić information content (AvgIpc) is 2.46. The van der Waals surface area contributed by atoms with Gasteiger partial charge in [0.1, 0.15) is 0 Å². The zero-order chi connectivity index (χ0) is 15.5.